The fraction of sp³-hybridized carbons (Fsp3) is 0.278. The van der Waals surface area contributed by atoms with E-state index in [4.69, 9.17) is 22.1 Å². The zero-order valence-electron chi connectivity index (χ0n) is 14.5. The first-order valence-corrected chi connectivity index (χ1v) is 9.15. The lowest BCUT2D eigenvalue weighted by atomic mass is 9.94. The van der Waals surface area contributed by atoms with Crippen molar-refractivity contribution < 1.29 is 9.53 Å². The van der Waals surface area contributed by atoms with Gasteiger partial charge in [0, 0.05) is 5.02 Å². The Morgan fingerprint density at radius 1 is 1.42 bits per heavy atom. The van der Waals surface area contributed by atoms with E-state index in [1.807, 2.05) is 12.1 Å². The Balaban J connectivity index is 2.16. The minimum atomic E-state index is -0.538. The van der Waals surface area contributed by atoms with Crippen LogP contribution in [0.2, 0.25) is 5.02 Å². The molecule has 0 aliphatic carbocycles. The van der Waals surface area contributed by atoms with Crippen molar-refractivity contribution >= 4 is 34.5 Å². The highest BCUT2D eigenvalue weighted by Crippen LogP contribution is 2.45. The standard InChI is InChI=1S/C18H17ClN4O2S/c1-9(2)25-17(24)14-10(3)22-18-23(16(21)13(8-20)26-18)15(14)11-4-6-12(19)7-5-11/h4-7,9,15H,21H2,1-3H3/t15-/m1/s1. The molecule has 0 saturated carbocycles. The number of hydrogen-bond donors (Lipinski definition) is 1. The Kier molecular flexibility index (Phi) is 4.99. The Morgan fingerprint density at radius 2 is 2.08 bits per heavy atom. The fourth-order valence-corrected chi connectivity index (χ4v) is 3.88. The smallest absolute Gasteiger partial charge is 0.338 e. The van der Waals surface area contributed by atoms with Crippen LogP contribution in [0.25, 0.3) is 0 Å². The van der Waals surface area contributed by atoms with E-state index in [0.717, 1.165) is 5.56 Å². The fourth-order valence-electron chi connectivity index (χ4n) is 2.84. The predicted octanol–water partition coefficient (Wildman–Crippen LogP) is 3.68. The zero-order chi connectivity index (χ0) is 19.0. The quantitative estimate of drug-likeness (QED) is 0.794. The molecule has 0 saturated heterocycles. The summed E-state index contributed by atoms with van der Waals surface area (Å²) in [4.78, 5) is 19.3. The number of esters is 1. The molecule has 134 valence electrons. The lowest BCUT2D eigenvalue weighted by molar-refractivity contribution is -0.143. The third kappa shape index (κ3) is 3.18. The van der Waals surface area contributed by atoms with Crippen molar-refractivity contribution in [3.05, 3.63) is 56.8 Å². The SMILES string of the molecule is CC1=C(C(=O)OC(C)C)[C@@H](c2ccc(Cl)cc2)N2C(=N1)SC(C#N)=C2N. The van der Waals surface area contributed by atoms with Gasteiger partial charge in [-0.1, -0.05) is 23.7 Å². The molecule has 0 aromatic heterocycles. The molecule has 1 aromatic carbocycles. The Labute approximate surface area is 161 Å². The molecular formula is C18H17ClN4O2S. The van der Waals surface area contributed by atoms with Gasteiger partial charge in [-0.05, 0) is 50.2 Å². The summed E-state index contributed by atoms with van der Waals surface area (Å²) in [6, 6.07) is 8.69. The number of fused-ring (bicyclic) bond motifs is 1. The second-order valence-electron chi connectivity index (χ2n) is 6.10. The van der Waals surface area contributed by atoms with E-state index in [9.17, 15) is 10.1 Å². The average Bonchev–Trinajstić information content (AvgIpc) is 2.89. The molecule has 0 amide bonds. The first kappa shape index (κ1) is 18.4. The molecule has 8 heteroatoms. The maximum absolute atomic E-state index is 12.8. The average molecular weight is 389 g/mol. The number of benzene rings is 1. The van der Waals surface area contributed by atoms with Crippen LogP contribution in [0, 0.1) is 11.3 Å². The van der Waals surface area contributed by atoms with Crippen molar-refractivity contribution in [1.82, 2.24) is 4.90 Å². The second kappa shape index (κ2) is 7.06. The first-order chi connectivity index (χ1) is 12.3. The number of hydrogen-bond acceptors (Lipinski definition) is 7. The summed E-state index contributed by atoms with van der Waals surface area (Å²) in [6.45, 7) is 5.33. The summed E-state index contributed by atoms with van der Waals surface area (Å²) in [7, 11) is 0. The van der Waals surface area contributed by atoms with Crippen LogP contribution in [0.3, 0.4) is 0 Å². The molecule has 26 heavy (non-hydrogen) atoms. The van der Waals surface area contributed by atoms with Gasteiger partial charge in [0.15, 0.2) is 5.17 Å². The van der Waals surface area contributed by atoms with E-state index in [2.05, 4.69) is 11.1 Å². The number of nitriles is 1. The maximum atomic E-state index is 12.8. The Hall–Kier alpha value is -2.43. The van der Waals surface area contributed by atoms with Crippen LogP contribution in [0.15, 0.2) is 51.3 Å². The number of allylic oxidation sites excluding steroid dienone is 2. The molecule has 0 bridgehead atoms. The van der Waals surface area contributed by atoms with Gasteiger partial charge in [-0.2, -0.15) is 5.26 Å². The minimum Gasteiger partial charge on any atom is -0.459 e. The molecule has 1 aromatic rings. The third-order valence-corrected chi connectivity index (χ3v) is 5.15. The number of nitrogens with two attached hydrogens (primary N) is 1. The van der Waals surface area contributed by atoms with Crippen molar-refractivity contribution in [3.63, 3.8) is 0 Å². The molecule has 2 heterocycles. The van der Waals surface area contributed by atoms with Crippen molar-refractivity contribution in [2.24, 2.45) is 10.7 Å². The van der Waals surface area contributed by atoms with Crippen molar-refractivity contribution in [2.75, 3.05) is 0 Å². The second-order valence-corrected chi connectivity index (χ2v) is 7.51. The molecule has 1 atom stereocenters. The molecule has 3 rings (SSSR count). The van der Waals surface area contributed by atoms with Crippen LogP contribution >= 0.6 is 23.4 Å². The highest BCUT2D eigenvalue weighted by Gasteiger charge is 2.42. The largest absolute Gasteiger partial charge is 0.459 e. The van der Waals surface area contributed by atoms with Gasteiger partial charge in [0.2, 0.25) is 0 Å². The Bertz CT molecular complexity index is 897. The van der Waals surface area contributed by atoms with Crippen LogP contribution in [-0.2, 0) is 9.53 Å². The number of thioether (sulfide) groups is 1. The number of amidine groups is 1. The normalized spacial score (nSPS) is 19.5. The number of halogens is 1. The van der Waals surface area contributed by atoms with Gasteiger partial charge in [0.25, 0.3) is 0 Å². The van der Waals surface area contributed by atoms with Crippen LogP contribution in [0.4, 0.5) is 0 Å². The number of rotatable bonds is 3. The van der Waals surface area contributed by atoms with Gasteiger partial charge in [-0.15, -0.1) is 0 Å². The topological polar surface area (TPSA) is 91.7 Å². The summed E-state index contributed by atoms with van der Waals surface area (Å²) >= 11 is 7.20. The van der Waals surface area contributed by atoms with E-state index < -0.39 is 12.0 Å². The van der Waals surface area contributed by atoms with Gasteiger partial charge in [-0.25, -0.2) is 9.79 Å². The lowest BCUT2D eigenvalue weighted by Gasteiger charge is -2.35. The summed E-state index contributed by atoms with van der Waals surface area (Å²) in [6.07, 6.45) is -0.269. The molecule has 6 nitrogen and oxygen atoms in total. The minimum absolute atomic E-state index is 0.269. The molecule has 0 fully saturated rings. The zero-order valence-corrected chi connectivity index (χ0v) is 16.1. The monoisotopic (exact) mass is 388 g/mol. The molecule has 0 radical (unpaired) electrons. The van der Waals surface area contributed by atoms with E-state index in [1.165, 1.54) is 11.8 Å². The van der Waals surface area contributed by atoms with Crippen LogP contribution in [0.5, 0.6) is 0 Å². The predicted molar refractivity (Wildman–Crippen MR) is 102 cm³/mol. The molecule has 2 N–H and O–H groups in total. The van der Waals surface area contributed by atoms with Crippen molar-refractivity contribution in [2.45, 2.75) is 32.9 Å². The van der Waals surface area contributed by atoms with Crippen LogP contribution in [0.1, 0.15) is 32.4 Å². The van der Waals surface area contributed by atoms with E-state index in [-0.39, 0.29) is 11.9 Å². The van der Waals surface area contributed by atoms with Gasteiger partial charge in [0.05, 0.1) is 23.4 Å². The number of aliphatic imine (C=N–C) groups is 1. The first-order valence-electron chi connectivity index (χ1n) is 7.96. The van der Waals surface area contributed by atoms with Crippen molar-refractivity contribution in [3.8, 4) is 6.07 Å². The molecule has 2 aliphatic rings. The number of nitrogens with zero attached hydrogens (tertiary/aromatic N) is 3. The van der Waals surface area contributed by atoms with Gasteiger partial charge < -0.3 is 10.5 Å². The van der Waals surface area contributed by atoms with Crippen LogP contribution < -0.4 is 5.73 Å². The van der Waals surface area contributed by atoms with Crippen molar-refractivity contribution in [1.29, 1.82) is 5.26 Å². The van der Waals surface area contributed by atoms with E-state index >= 15 is 0 Å². The van der Waals surface area contributed by atoms with Gasteiger partial charge in [0.1, 0.15) is 16.8 Å². The maximum Gasteiger partial charge on any atom is 0.338 e. The lowest BCUT2D eigenvalue weighted by Crippen LogP contribution is -2.39. The van der Waals surface area contributed by atoms with Gasteiger partial charge >= 0.3 is 5.97 Å². The number of carbonyl (C=O) groups excluding carboxylic acids is 1. The molecule has 0 unspecified atom stereocenters. The number of ether oxygens (including phenoxy) is 1. The molecular weight excluding hydrogens is 372 g/mol. The third-order valence-electron chi connectivity index (χ3n) is 3.93. The van der Waals surface area contributed by atoms with E-state index in [1.54, 1.807) is 37.8 Å². The summed E-state index contributed by atoms with van der Waals surface area (Å²) < 4.78 is 5.42. The van der Waals surface area contributed by atoms with E-state index in [0.29, 0.717) is 26.4 Å². The summed E-state index contributed by atoms with van der Waals surface area (Å²) in [5, 5.41) is 10.5. The molecule has 2 aliphatic heterocycles. The Morgan fingerprint density at radius 3 is 2.65 bits per heavy atom. The van der Waals surface area contributed by atoms with Gasteiger partial charge in [-0.3, -0.25) is 4.90 Å². The highest BCUT2D eigenvalue weighted by atomic mass is 35.5. The summed E-state index contributed by atoms with van der Waals surface area (Å²) in [5.74, 6) is -0.179. The number of carbonyl (C=O) groups is 1. The molecule has 0 spiro atoms. The highest BCUT2D eigenvalue weighted by molar-refractivity contribution is 8.17. The van der Waals surface area contributed by atoms with Crippen LogP contribution in [-0.4, -0.2) is 22.1 Å². The summed E-state index contributed by atoms with van der Waals surface area (Å²) in [5.41, 5.74) is 7.94.